The van der Waals surface area contributed by atoms with E-state index in [0.29, 0.717) is 11.5 Å². The summed E-state index contributed by atoms with van der Waals surface area (Å²) in [6.07, 6.45) is -2.78. The molecule has 12 nitrogen and oxygen atoms in total. The third-order valence-electron chi connectivity index (χ3n) is 3.99. The van der Waals surface area contributed by atoms with E-state index in [1.54, 1.807) is 0 Å². The number of carboxylic acid groups (broad SMARTS) is 1. The summed E-state index contributed by atoms with van der Waals surface area (Å²) in [6.45, 7) is 0. The van der Waals surface area contributed by atoms with Gasteiger partial charge in [-0.15, -0.1) is 5.10 Å². The minimum Gasteiger partial charge on any atom is -0.492 e. The molecule has 1 aliphatic heterocycles. The molecule has 13 heteroatoms. The molecule has 142 valence electrons. The van der Waals surface area contributed by atoms with Crippen molar-refractivity contribution < 1.29 is 30.0 Å². The molecular formula is C13H18N6O6S. The zero-order valence-electron chi connectivity index (χ0n) is 13.4. The average molecular weight is 386 g/mol. The first kappa shape index (κ1) is 18.7. The lowest BCUT2D eigenvalue weighted by Crippen LogP contribution is -2.33. The number of aromatic nitrogens is 5. The maximum absolute atomic E-state index is 10.7. The van der Waals surface area contributed by atoms with Gasteiger partial charge in [-0.25, -0.2) is 4.98 Å². The van der Waals surface area contributed by atoms with Gasteiger partial charge in [0.25, 0.3) is 0 Å². The first-order valence-electron chi connectivity index (χ1n) is 7.72. The van der Waals surface area contributed by atoms with Crippen LogP contribution in [0.15, 0.2) is 6.33 Å². The Balaban J connectivity index is 1.64. The Bertz CT molecular complexity index is 790. The molecule has 0 bridgehead atoms. The lowest BCUT2D eigenvalue weighted by Gasteiger charge is -2.14. The molecule has 0 saturated carbocycles. The Kier molecular flexibility index (Phi) is 5.52. The van der Waals surface area contributed by atoms with Crippen molar-refractivity contribution in [1.82, 2.24) is 25.0 Å². The maximum Gasteiger partial charge on any atom is 0.320 e. The largest absolute Gasteiger partial charge is 0.492 e. The second kappa shape index (κ2) is 7.67. The van der Waals surface area contributed by atoms with E-state index in [9.17, 15) is 20.1 Å². The first-order valence-corrected chi connectivity index (χ1v) is 8.88. The van der Waals surface area contributed by atoms with E-state index in [4.69, 9.17) is 15.6 Å². The normalized spacial score (nSPS) is 27.0. The van der Waals surface area contributed by atoms with Gasteiger partial charge < -0.3 is 30.9 Å². The van der Waals surface area contributed by atoms with Gasteiger partial charge in [-0.3, -0.25) is 4.79 Å². The van der Waals surface area contributed by atoms with E-state index in [0.717, 1.165) is 6.33 Å². The lowest BCUT2D eigenvalue weighted by atomic mass is 10.1. The number of aliphatic hydroxyl groups excluding tert-OH is 2. The number of fused-ring (bicyclic) bond motifs is 1. The highest BCUT2D eigenvalue weighted by atomic mass is 32.2. The summed E-state index contributed by atoms with van der Waals surface area (Å²) in [5, 5.41) is 46.4. The number of thioether (sulfide) groups is 1. The number of aliphatic carboxylic acids is 1. The number of carboxylic acids is 1. The third kappa shape index (κ3) is 3.57. The smallest absolute Gasteiger partial charge is 0.320 e. The minimum atomic E-state index is -1.27. The maximum atomic E-state index is 10.7. The van der Waals surface area contributed by atoms with E-state index >= 15 is 0 Å². The van der Waals surface area contributed by atoms with Crippen LogP contribution < -0.4 is 5.73 Å². The van der Waals surface area contributed by atoms with Crippen LogP contribution in [0.3, 0.4) is 0 Å². The van der Waals surface area contributed by atoms with Crippen molar-refractivity contribution in [2.24, 2.45) is 5.73 Å². The quantitative estimate of drug-likeness (QED) is 0.332. The Morgan fingerprint density at radius 2 is 2.15 bits per heavy atom. The highest BCUT2D eigenvalue weighted by Gasteiger charge is 2.44. The summed E-state index contributed by atoms with van der Waals surface area (Å²) in [5.74, 6) is -0.625. The fraction of sp³-hybridized carbons (Fsp3) is 0.615. The first-order chi connectivity index (χ1) is 12.4. The van der Waals surface area contributed by atoms with Crippen molar-refractivity contribution in [2.75, 3.05) is 11.5 Å². The van der Waals surface area contributed by atoms with Crippen LogP contribution in [0.1, 0.15) is 12.6 Å². The summed E-state index contributed by atoms with van der Waals surface area (Å²) >= 11 is 1.36. The lowest BCUT2D eigenvalue weighted by molar-refractivity contribution is -0.138. The molecule has 1 saturated heterocycles. The predicted molar refractivity (Wildman–Crippen MR) is 88.3 cm³/mol. The van der Waals surface area contributed by atoms with Crippen molar-refractivity contribution in [3.63, 3.8) is 0 Å². The van der Waals surface area contributed by atoms with Crippen LogP contribution in [0.2, 0.25) is 0 Å². The monoisotopic (exact) mass is 386 g/mol. The second-order valence-corrected chi connectivity index (χ2v) is 6.91. The van der Waals surface area contributed by atoms with Crippen LogP contribution in [0.5, 0.6) is 5.88 Å². The number of rotatable bonds is 7. The molecule has 26 heavy (non-hydrogen) atoms. The third-order valence-corrected chi connectivity index (χ3v) is 5.08. The Morgan fingerprint density at radius 3 is 2.88 bits per heavy atom. The minimum absolute atomic E-state index is 0.0540. The van der Waals surface area contributed by atoms with Gasteiger partial charge in [-0.1, -0.05) is 5.21 Å². The molecule has 0 unspecified atom stereocenters. The van der Waals surface area contributed by atoms with Crippen LogP contribution in [0, 0.1) is 0 Å². The van der Waals surface area contributed by atoms with Gasteiger partial charge in [0.15, 0.2) is 17.4 Å². The average Bonchev–Trinajstić information content (AvgIpc) is 3.15. The SMILES string of the molecule is N[C@@H](CCSC[C@H]1O[C@@H](n2nnc3c(O)ncnc32)[C@H](O)[C@@H]1O)C(=O)O. The molecule has 0 aromatic carbocycles. The molecule has 5 atom stereocenters. The second-order valence-electron chi connectivity index (χ2n) is 5.76. The van der Waals surface area contributed by atoms with Gasteiger partial charge in [0, 0.05) is 5.75 Å². The van der Waals surface area contributed by atoms with E-state index in [2.05, 4.69) is 20.3 Å². The highest BCUT2D eigenvalue weighted by Crippen LogP contribution is 2.32. The Hall–Kier alpha value is -2.06. The van der Waals surface area contributed by atoms with Crippen LogP contribution in [-0.2, 0) is 9.53 Å². The van der Waals surface area contributed by atoms with E-state index in [1.807, 2.05) is 0 Å². The number of hydrogen-bond acceptors (Lipinski definition) is 11. The number of nitrogens with two attached hydrogens (primary N) is 1. The summed E-state index contributed by atoms with van der Waals surface area (Å²) in [6, 6.07) is -0.941. The number of ether oxygens (including phenoxy) is 1. The molecule has 0 amide bonds. The Morgan fingerprint density at radius 1 is 1.38 bits per heavy atom. The molecule has 0 spiro atoms. The standard InChI is InChI=1S/C13H18N6O6S/c14-5(13(23)24)1-2-26-3-6-8(20)9(21)12(25-6)19-10-7(17-18-19)11(22)16-4-15-10/h4-6,8-9,12,20-21H,1-3,14H2,(H,23,24)(H,15,16,22)/t5-,6+,8+,9+,12+/m0/s1. The van der Waals surface area contributed by atoms with E-state index in [-0.39, 0.29) is 23.5 Å². The van der Waals surface area contributed by atoms with E-state index in [1.165, 1.54) is 16.4 Å². The van der Waals surface area contributed by atoms with Crippen molar-refractivity contribution in [3.05, 3.63) is 6.33 Å². The summed E-state index contributed by atoms with van der Waals surface area (Å²) in [4.78, 5) is 18.2. The molecule has 2 aromatic heterocycles. The van der Waals surface area contributed by atoms with Gasteiger partial charge in [-0.05, 0) is 12.2 Å². The molecule has 2 aromatic rings. The van der Waals surface area contributed by atoms with Gasteiger partial charge in [-0.2, -0.15) is 21.4 Å². The number of carbonyl (C=O) groups is 1. The van der Waals surface area contributed by atoms with Crippen molar-refractivity contribution >= 4 is 28.9 Å². The number of aliphatic hydroxyl groups is 2. The summed E-state index contributed by atoms with van der Waals surface area (Å²) in [7, 11) is 0. The Labute approximate surface area is 151 Å². The van der Waals surface area contributed by atoms with Gasteiger partial charge in [0.1, 0.15) is 24.6 Å². The summed E-state index contributed by atoms with van der Waals surface area (Å²) < 4.78 is 6.86. The van der Waals surface area contributed by atoms with Gasteiger partial charge in [0.2, 0.25) is 5.88 Å². The molecular weight excluding hydrogens is 368 g/mol. The van der Waals surface area contributed by atoms with Crippen LogP contribution in [0.4, 0.5) is 0 Å². The highest BCUT2D eigenvalue weighted by molar-refractivity contribution is 7.99. The predicted octanol–water partition coefficient (Wildman–Crippen LogP) is -1.92. The molecule has 0 aliphatic carbocycles. The fourth-order valence-electron chi connectivity index (χ4n) is 2.53. The zero-order valence-corrected chi connectivity index (χ0v) is 14.2. The van der Waals surface area contributed by atoms with Crippen LogP contribution in [-0.4, -0.2) is 87.2 Å². The fourth-order valence-corrected chi connectivity index (χ4v) is 3.62. The van der Waals surface area contributed by atoms with Crippen molar-refractivity contribution in [1.29, 1.82) is 0 Å². The molecule has 6 N–H and O–H groups in total. The van der Waals surface area contributed by atoms with Crippen molar-refractivity contribution in [3.8, 4) is 5.88 Å². The number of aromatic hydroxyl groups is 1. The van der Waals surface area contributed by atoms with Crippen LogP contribution in [0.25, 0.3) is 11.2 Å². The van der Waals surface area contributed by atoms with Gasteiger partial charge >= 0.3 is 5.97 Å². The van der Waals surface area contributed by atoms with E-state index < -0.39 is 36.6 Å². The van der Waals surface area contributed by atoms with Gasteiger partial charge in [0.05, 0.1) is 6.10 Å². The molecule has 3 rings (SSSR count). The summed E-state index contributed by atoms with van der Waals surface area (Å²) in [5.41, 5.74) is 5.64. The number of hydrogen-bond donors (Lipinski definition) is 5. The van der Waals surface area contributed by atoms with Crippen molar-refractivity contribution in [2.45, 2.75) is 37.0 Å². The van der Waals surface area contributed by atoms with Crippen LogP contribution >= 0.6 is 11.8 Å². The molecule has 0 radical (unpaired) electrons. The zero-order chi connectivity index (χ0) is 18.8. The topological polar surface area (TPSA) is 190 Å². The molecule has 1 fully saturated rings. The number of nitrogens with zero attached hydrogens (tertiary/aromatic N) is 5. The molecule has 1 aliphatic rings. The molecule has 3 heterocycles.